The Morgan fingerprint density at radius 1 is 0.731 bits per heavy atom. The molecule has 3 aromatic rings. The van der Waals surface area contributed by atoms with Gasteiger partial charge >= 0.3 is 0 Å². The van der Waals surface area contributed by atoms with Gasteiger partial charge in [-0.05, 0) is 30.3 Å². The van der Waals surface area contributed by atoms with Crippen molar-refractivity contribution in [1.29, 1.82) is 0 Å². The van der Waals surface area contributed by atoms with Gasteiger partial charge in [-0.2, -0.15) is 0 Å². The molecular weight excluding hydrogens is 445 g/mol. The van der Waals surface area contributed by atoms with Crippen LogP contribution in [0.2, 0.25) is 25.1 Å². The summed E-state index contributed by atoms with van der Waals surface area (Å²) in [6.45, 7) is 0.0204. The molecule has 136 valence electrons. The molecule has 1 heterocycles. The fourth-order valence-electron chi connectivity index (χ4n) is 1.94. The highest BCUT2D eigenvalue weighted by molar-refractivity contribution is 6.40. The van der Waals surface area contributed by atoms with E-state index in [1.807, 2.05) is 0 Å². The lowest BCUT2D eigenvalue weighted by Crippen LogP contribution is -1.97. The van der Waals surface area contributed by atoms with Gasteiger partial charge in [-0.3, -0.25) is 0 Å². The fraction of sp³-hybridized carbons (Fsp3) is 0.125. The summed E-state index contributed by atoms with van der Waals surface area (Å²) in [6, 6.07) is 7.93. The lowest BCUT2D eigenvalue weighted by Gasteiger charge is -2.08. The van der Waals surface area contributed by atoms with Crippen molar-refractivity contribution >= 4 is 58.0 Å². The van der Waals surface area contributed by atoms with Crippen LogP contribution in [0.1, 0.15) is 11.8 Å². The van der Waals surface area contributed by atoms with Gasteiger partial charge in [-0.25, -0.2) is 0 Å². The second-order valence-corrected chi connectivity index (χ2v) is 7.03. The first-order valence-corrected chi connectivity index (χ1v) is 8.98. The van der Waals surface area contributed by atoms with Crippen molar-refractivity contribution in [3.63, 3.8) is 0 Å². The predicted molar refractivity (Wildman–Crippen MR) is 101 cm³/mol. The lowest BCUT2D eigenvalue weighted by molar-refractivity contribution is 0.232. The molecule has 0 bridgehead atoms. The zero-order valence-electron chi connectivity index (χ0n) is 12.8. The molecule has 0 amide bonds. The van der Waals surface area contributed by atoms with E-state index >= 15 is 0 Å². The Kier molecular flexibility index (Phi) is 6.37. The largest absolute Gasteiger partial charge is 0.482 e. The van der Waals surface area contributed by atoms with E-state index in [-0.39, 0.29) is 40.8 Å². The van der Waals surface area contributed by atoms with Gasteiger partial charge in [0, 0.05) is 10.0 Å². The molecule has 0 aliphatic rings. The number of ether oxygens (including phenoxy) is 2. The van der Waals surface area contributed by atoms with Crippen LogP contribution in [0, 0.1) is 0 Å². The Balaban J connectivity index is 1.60. The van der Waals surface area contributed by atoms with Crippen molar-refractivity contribution in [1.82, 2.24) is 10.2 Å². The van der Waals surface area contributed by atoms with Gasteiger partial charge in [0.2, 0.25) is 0 Å². The molecule has 0 spiro atoms. The first-order chi connectivity index (χ1) is 12.4. The molecule has 0 saturated heterocycles. The van der Waals surface area contributed by atoms with Crippen LogP contribution in [0.5, 0.6) is 11.5 Å². The predicted octanol–water partition coefficient (Wildman–Crippen LogP) is 6.49. The van der Waals surface area contributed by atoms with Gasteiger partial charge in [0.15, 0.2) is 19.0 Å². The SMILES string of the molecule is Clc1ccc(OCc2nnc(COc3c(Cl)cc(Cl)cc3Cl)o2)c(Cl)c1. The second-order valence-electron chi connectivity index (χ2n) is 4.94. The molecule has 26 heavy (non-hydrogen) atoms. The molecule has 0 aliphatic carbocycles. The van der Waals surface area contributed by atoms with Crippen LogP contribution in [-0.2, 0) is 13.2 Å². The molecule has 0 fully saturated rings. The van der Waals surface area contributed by atoms with Crippen molar-refractivity contribution in [2.24, 2.45) is 0 Å². The van der Waals surface area contributed by atoms with E-state index in [2.05, 4.69) is 10.2 Å². The van der Waals surface area contributed by atoms with Gasteiger partial charge in [-0.15, -0.1) is 10.2 Å². The average molecular weight is 455 g/mol. The molecule has 10 heteroatoms. The van der Waals surface area contributed by atoms with Crippen molar-refractivity contribution in [3.8, 4) is 11.5 Å². The Labute approximate surface area is 173 Å². The van der Waals surface area contributed by atoms with E-state index < -0.39 is 0 Å². The highest BCUT2D eigenvalue weighted by atomic mass is 35.5. The molecule has 0 atom stereocenters. The monoisotopic (exact) mass is 452 g/mol. The molecule has 5 nitrogen and oxygen atoms in total. The van der Waals surface area contributed by atoms with E-state index in [4.69, 9.17) is 71.9 Å². The van der Waals surface area contributed by atoms with Crippen LogP contribution >= 0.6 is 58.0 Å². The molecule has 0 unspecified atom stereocenters. The number of aromatic nitrogens is 2. The van der Waals surface area contributed by atoms with Crippen LogP contribution in [-0.4, -0.2) is 10.2 Å². The maximum Gasteiger partial charge on any atom is 0.254 e. The van der Waals surface area contributed by atoms with Crippen LogP contribution in [0.15, 0.2) is 34.7 Å². The molecule has 0 radical (unpaired) electrons. The highest BCUT2D eigenvalue weighted by Crippen LogP contribution is 2.36. The van der Waals surface area contributed by atoms with Gasteiger partial charge < -0.3 is 13.9 Å². The topological polar surface area (TPSA) is 57.4 Å². The third kappa shape index (κ3) is 4.87. The lowest BCUT2D eigenvalue weighted by atomic mass is 10.3. The third-order valence-electron chi connectivity index (χ3n) is 3.06. The van der Waals surface area contributed by atoms with Crippen molar-refractivity contribution < 1.29 is 13.9 Å². The maximum atomic E-state index is 6.05. The summed E-state index contributed by atoms with van der Waals surface area (Å²) in [5.74, 6) is 1.21. The minimum Gasteiger partial charge on any atom is -0.482 e. The van der Waals surface area contributed by atoms with Crippen LogP contribution in [0.25, 0.3) is 0 Å². The van der Waals surface area contributed by atoms with Gasteiger partial charge in [0.05, 0.1) is 15.1 Å². The van der Waals surface area contributed by atoms with E-state index in [1.54, 1.807) is 18.2 Å². The summed E-state index contributed by atoms with van der Waals surface area (Å²) < 4.78 is 16.5. The van der Waals surface area contributed by atoms with E-state index in [1.165, 1.54) is 12.1 Å². The Bertz CT molecular complexity index is 909. The van der Waals surface area contributed by atoms with Crippen molar-refractivity contribution in [2.75, 3.05) is 0 Å². The number of hydrogen-bond donors (Lipinski definition) is 0. The van der Waals surface area contributed by atoms with Gasteiger partial charge in [0.25, 0.3) is 11.8 Å². The molecule has 0 saturated carbocycles. The molecule has 3 rings (SSSR count). The molecule has 2 aromatic carbocycles. The second kappa shape index (κ2) is 8.55. The van der Waals surface area contributed by atoms with E-state index in [0.29, 0.717) is 20.8 Å². The van der Waals surface area contributed by atoms with Crippen molar-refractivity contribution in [2.45, 2.75) is 13.2 Å². The number of rotatable bonds is 6. The number of benzene rings is 2. The summed E-state index contributed by atoms with van der Waals surface area (Å²) in [5.41, 5.74) is 0. The first kappa shape index (κ1) is 19.4. The van der Waals surface area contributed by atoms with Crippen LogP contribution in [0.4, 0.5) is 0 Å². The standard InChI is InChI=1S/C16H9Cl5N2O3/c17-8-1-2-13(10(19)3-8)24-6-14-22-23-15(26-14)7-25-16-11(20)4-9(18)5-12(16)21/h1-5H,6-7H2. The van der Waals surface area contributed by atoms with Crippen LogP contribution < -0.4 is 9.47 Å². The van der Waals surface area contributed by atoms with Crippen LogP contribution in [0.3, 0.4) is 0 Å². The fourth-order valence-corrected chi connectivity index (χ4v) is 3.33. The summed E-state index contributed by atoms with van der Waals surface area (Å²) in [4.78, 5) is 0. The molecule has 0 aliphatic heterocycles. The molecule has 0 N–H and O–H groups in total. The van der Waals surface area contributed by atoms with Gasteiger partial charge in [0.1, 0.15) is 5.75 Å². The van der Waals surface area contributed by atoms with Gasteiger partial charge in [-0.1, -0.05) is 58.0 Å². The van der Waals surface area contributed by atoms with E-state index in [9.17, 15) is 0 Å². The average Bonchev–Trinajstić information content (AvgIpc) is 3.01. The smallest absolute Gasteiger partial charge is 0.254 e. The number of nitrogens with zero attached hydrogens (tertiary/aromatic N) is 2. The molecular formula is C16H9Cl5N2O3. The number of hydrogen-bond acceptors (Lipinski definition) is 5. The summed E-state index contributed by atoms with van der Waals surface area (Å²) >= 11 is 29.8. The Morgan fingerprint density at radius 2 is 1.31 bits per heavy atom. The van der Waals surface area contributed by atoms with E-state index in [0.717, 1.165) is 0 Å². The summed E-state index contributed by atoms with van der Waals surface area (Å²) in [5, 5.41) is 9.60. The summed E-state index contributed by atoms with van der Waals surface area (Å²) in [6.07, 6.45) is 0. The first-order valence-electron chi connectivity index (χ1n) is 7.09. The Hall–Kier alpha value is -1.37. The van der Waals surface area contributed by atoms with Crippen molar-refractivity contribution in [3.05, 3.63) is 67.2 Å². The minimum atomic E-state index is -0.0181. The number of halogens is 5. The highest BCUT2D eigenvalue weighted by Gasteiger charge is 2.13. The minimum absolute atomic E-state index is 0.0181. The molecule has 1 aromatic heterocycles. The Morgan fingerprint density at radius 3 is 1.92 bits per heavy atom. The third-order valence-corrected chi connectivity index (χ3v) is 4.37. The zero-order valence-corrected chi connectivity index (χ0v) is 16.6. The maximum absolute atomic E-state index is 6.05. The normalized spacial score (nSPS) is 10.8. The zero-order chi connectivity index (χ0) is 18.7. The quantitative estimate of drug-likeness (QED) is 0.426. The summed E-state index contributed by atoms with van der Waals surface area (Å²) in [7, 11) is 0.